The molecule has 0 aliphatic heterocycles. The quantitative estimate of drug-likeness (QED) is 0.0200. The zero-order valence-electron chi connectivity index (χ0n) is 41.8. The van der Waals surface area contributed by atoms with E-state index in [0.29, 0.717) is 19.3 Å². The molecular formula is C61H88O6. The van der Waals surface area contributed by atoms with Gasteiger partial charge in [0.05, 0.1) is 0 Å². The first kappa shape index (κ1) is 61.5. The molecule has 0 heterocycles. The number of esters is 3. The smallest absolute Gasteiger partial charge is 0.306 e. The minimum atomic E-state index is -0.842. The molecule has 0 amide bonds. The normalized spacial score (nSPS) is 13.7. The van der Waals surface area contributed by atoms with Crippen LogP contribution < -0.4 is 0 Å². The van der Waals surface area contributed by atoms with Crippen molar-refractivity contribution in [1.29, 1.82) is 0 Å². The van der Waals surface area contributed by atoms with Crippen LogP contribution in [-0.2, 0) is 28.6 Å². The molecule has 0 radical (unpaired) electrons. The number of hydrogen-bond acceptors (Lipinski definition) is 6. The predicted molar refractivity (Wildman–Crippen MR) is 287 cm³/mol. The maximum absolute atomic E-state index is 12.8. The molecule has 0 saturated heterocycles. The molecule has 368 valence electrons. The zero-order valence-corrected chi connectivity index (χ0v) is 41.8. The van der Waals surface area contributed by atoms with Crippen molar-refractivity contribution in [2.75, 3.05) is 13.2 Å². The van der Waals surface area contributed by atoms with E-state index in [1.54, 1.807) is 0 Å². The van der Waals surface area contributed by atoms with Gasteiger partial charge in [0, 0.05) is 19.3 Å². The van der Waals surface area contributed by atoms with E-state index in [0.717, 1.165) is 109 Å². The fourth-order valence-electron chi connectivity index (χ4n) is 5.92. The van der Waals surface area contributed by atoms with E-state index >= 15 is 0 Å². The van der Waals surface area contributed by atoms with E-state index in [2.05, 4.69) is 106 Å². The molecule has 0 fully saturated rings. The van der Waals surface area contributed by atoms with Crippen LogP contribution in [0.1, 0.15) is 162 Å². The van der Waals surface area contributed by atoms with E-state index in [-0.39, 0.29) is 44.0 Å². The second-order valence-corrected chi connectivity index (χ2v) is 15.8. The minimum absolute atomic E-state index is 0.138. The number of allylic oxidation sites excluding steroid dienone is 30. The Morgan fingerprint density at radius 1 is 0.313 bits per heavy atom. The van der Waals surface area contributed by atoms with Gasteiger partial charge in [-0.3, -0.25) is 14.4 Å². The van der Waals surface area contributed by atoms with Crippen molar-refractivity contribution < 1.29 is 28.6 Å². The number of ether oxygens (including phenoxy) is 3. The van der Waals surface area contributed by atoms with Gasteiger partial charge in [-0.1, -0.05) is 222 Å². The van der Waals surface area contributed by atoms with Crippen LogP contribution in [0.4, 0.5) is 0 Å². The summed E-state index contributed by atoms with van der Waals surface area (Å²) in [4.78, 5) is 38.0. The number of unbranched alkanes of at least 4 members (excludes halogenated alkanes) is 9. The van der Waals surface area contributed by atoms with Gasteiger partial charge in [0.2, 0.25) is 0 Å². The largest absolute Gasteiger partial charge is 0.462 e. The highest BCUT2D eigenvalue weighted by atomic mass is 16.6. The summed E-state index contributed by atoms with van der Waals surface area (Å²) >= 11 is 0. The molecule has 0 aliphatic rings. The summed E-state index contributed by atoms with van der Waals surface area (Å²) in [7, 11) is 0. The standard InChI is InChI=1S/C61H88O6/c1-4-7-10-13-16-19-22-25-27-29-30-32-33-36-39-42-45-48-51-54-60(63)66-57-58(56-65-59(62)53-50-47-44-41-38-35-24-21-18-15-12-9-6-3)67-61(64)55-52-49-46-43-40-37-34-31-28-26-23-20-17-14-11-8-5-2/h7-12,14-21,23-28,30-32,34-40,58H,4-6,13,22,29,33,41-57H2,1-3H3/b10-7-,11-8-,12-9-,17-14-,18-15-,19-16-,23-20-,24-21-,27-25-,28-26-,32-30-,34-31+,38-35-,39-36-,40-37-. The second kappa shape index (κ2) is 53.1. The molecule has 0 spiro atoms. The molecule has 0 saturated carbocycles. The van der Waals surface area contributed by atoms with Crippen molar-refractivity contribution in [2.24, 2.45) is 0 Å². The molecule has 0 aliphatic carbocycles. The molecule has 6 heteroatoms. The van der Waals surface area contributed by atoms with Crippen molar-refractivity contribution >= 4 is 17.9 Å². The highest BCUT2D eigenvalue weighted by molar-refractivity contribution is 5.71. The van der Waals surface area contributed by atoms with E-state index < -0.39 is 6.10 Å². The lowest BCUT2D eigenvalue weighted by Crippen LogP contribution is -2.30. The summed E-state index contributed by atoms with van der Waals surface area (Å²) in [6.07, 6.45) is 80.1. The summed E-state index contributed by atoms with van der Waals surface area (Å²) in [6, 6.07) is 0. The Balaban J connectivity index is 4.64. The molecule has 1 atom stereocenters. The highest BCUT2D eigenvalue weighted by Crippen LogP contribution is 2.11. The molecule has 0 N–H and O–H groups in total. The maximum atomic E-state index is 12.8. The van der Waals surface area contributed by atoms with Crippen LogP contribution >= 0.6 is 0 Å². The van der Waals surface area contributed by atoms with Gasteiger partial charge in [-0.15, -0.1) is 0 Å². The Kier molecular flexibility index (Phi) is 48.8. The minimum Gasteiger partial charge on any atom is -0.462 e. The van der Waals surface area contributed by atoms with Crippen LogP contribution in [0.3, 0.4) is 0 Å². The molecule has 0 aromatic rings. The van der Waals surface area contributed by atoms with Crippen LogP contribution in [-0.4, -0.2) is 37.2 Å². The van der Waals surface area contributed by atoms with Gasteiger partial charge in [-0.25, -0.2) is 0 Å². The van der Waals surface area contributed by atoms with Gasteiger partial charge in [0.25, 0.3) is 0 Å². The highest BCUT2D eigenvalue weighted by Gasteiger charge is 2.19. The number of hydrogen-bond donors (Lipinski definition) is 0. The second-order valence-electron chi connectivity index (χ2n) is 15.8. The Morgan fingerprint density at radius 2 is 0.612 bits per heavy atom. The maximum Gasteiger partial charge on any atom is 0.306 e. The van der Waals surface area contributed by atoms with Crippen LogP contribution in [0.2, 0.25) is 0 Å². The average Bonchev–Trinajstić information content (AvgIpc) is 3.33. The van der Waals surface area contributed by atoms with Gasteiger partial charge in [0.1, 0.15) is 13.2 Å². The first-order chi connectivity index (χ1) is 33.0. The molecule has 6 nitrogen and oxygen atoms in total. The molecule has 0 rings (SSSR count). The van der Waals surface area contributed by atoms with Crippen LogP contribution in [0.15, 0.2) is 182 Å². The summed E-state index contributed by atoms with van der Waals surface area (Å²) in [6.45, 7) is 6.09. The molecule has 0 aromatic carbocycles. The van der Waals surface area contributed by atoms with Gasteiger partial charge < -0.3 is 14.2 Å². The fraction of sp³-hybridized carbons (Fsp3) is 0.459. The van der Waals surface area contributed by atoms with Gasteiger partial charge in [0.15, 0.2) is 6.10 Å². The van der Waals surface area contributed by atoms with Crippen LogP contribution in [0.25, 0.3) is 0 Å². The third-order valence-electron chi connectivity index (χ3n) is 9.64. The zero-order chi connectivity index (χ0) is 48.6. The lowest BCUT2D eigenvalue weighted by Gasteiger charge is -2.18. The SMILES string of the molecule is CC\C=C/C=C\C=C/C=C\C=C\C=C/CCCCCC(=O)OC(COC(=O)CCCCC\C=C/C=C\C=C/C=C\CC)COC(=O)CCCCC/C=C\C/C=C\C/C=C\C/C=C\C/C=C\CC. The van der Waals surface area contributed by atoms with Crippen molar-refractivity contribution in [2.45, 2.75) is 168 Å². The lowest BCUT2D eigenvalue weighted by atomic mass is 10.1. The molecular weight excluding hydrogens is 829 g/mol. The van der Waals surface area contributed by atoms with Gasteiger partial charge in [-0.2, -0.15) is 0 Å². The Hall–Kier alpha value is -5.49. The third-order valence-corrected chi connectivity index (χ3v) is 9.64. The number of rotatable bonds is 42. The van der Waals surface area contributed by atoms with Crippen molar-refractivity contribution in [3.05, 3.63) is 182 Å². The summed E-state index contributed by atoms with van der Waals surface area (Å²) in [5.41, 5.74) is 0. The Bertz CT molecular complexity index is 1670. The molecule has 0 bridgehead atoms. The first-order valence-corrected chi connectivity index (χ1v) is 25.4. The number of carbonyl (C=O) groups excluding carboxylic acids is 3. The molecule has 0 aromatic heterocycles. The first-order valence-electron chi connectivity index (χ1n) is 25.4. The Labute approximate surface area is 408 Å². The van der Waals surface area contributed by atoms with Gasteiger partial charge in [-0.05, 0) is 103 Å². The van der Waals surface area contributed by atoms with E-state index in [9.17, 15) is 14.4 Å². The molecule has 67 heavy (non-hydrogen) atoms. The van der Waals surface area contributed by atoms with Gasteiger partial charge >= 0.3 is 17.9 Å². The van der Waals surface area contributed by atoms with E-state index in [1.165, 1.54) is 0 Å². The topological polar surface area (TPSA) is 78.9 Å². The third kappa shape index (κ3) is 51.4. The van der Waals surface area contributed by atoms with E-state index in [1.807, 2.05) is 97.2 Å². The molecule has 1 unspecified atom stereocenters. The predicted octanol–water partition coefficient (Wildman–Crippen LogP) is 17.0. The van der Waals surface area contributed by atoms with Crippen molar-refractivity contribution in [3.8, 4) is 0 Å². The Morgan fingerprint density at radius 3 is 0.985 bits per heavy atom. The monoisotopic (exact) mass is 917 g/mol. The number of carbonyl (C=O) groups is 3. The van der Waals surface area contributed by atoms with E-state index in [4.69, 9.17) is 14.2 Å². The fourth-order valence-corrected chi connectivity index (χ4v) is 5.92. The summed E-state index contributed by atoms with van der Waals surface area (Å²) in [5, 5.41) is 0. The summed E-state index contributed by atoms with van der Waals surface area (Å²) in [5.74, 6) is -1.07. The van der Waals surface area contributed by atoms with Crippen LogP contribution in [0.5, 0.6) is 0 Å². The van der Waals surface area contributed by atoms with Crippen molar-refractivity contribution in [3.63, 3.8) is 0 Å². The lowest BCUT2D eigenvalue weighted by molar-refractivity contribution is -0.167. The van der Waals surface area contributed by atoms with Crippen LogP contribution in [0, 0.1) is 0 Å². The van der Waals surface area contributed by atoms with Crippen molar-refractivity contribution in [1.82, 2.24) is 0 Å². The average molecular weight is 917 g/mol. The summed E-state index contributed by atoms with van der Waals surface area (Å²) < 4.78 is 16.7.